The normalized spacial score (nSPS) is 17.0. The summed E-state index contributed by atoms with van der Waals surface area (Å²) in [6, 6.07) is 15.9. The molecule has 5 nitrogen and oxygen atoms in total. The van der Waals surface area contributed by atoms with Gasteiger partial charge in [0.1, 0.15) is 17.5 Å². The van der Waals surface area contributed by atoms with Gasteiger partial charge in [-0.1, -0.05) is 43.7 Å². The van der Waals surface area contributed by atoms with E-state index in [0.29, 0.717) is 17.2 Å². The highest BCUT2D eigenvalue weighted by molar-refractivity contribution is 5.67. The Labute approximate surface area is 215 Å². The van der Waals surface area contributed by atoms with Gasteiger partial charge in [-0.15, -0.1) is 0 Å². The van der Waals surface area contributed by atoms with Crippen molar-refractivity contribution >= 4 is 17.2 Å². The first-order valence-corrected chi connectivity index (χ1v) is 13.1. The lowest BCUT2D eigenvalue weighted by atomic mass is 9.93. The molecular formula is C30H40FN5. The number of aromatic nitrogens is 2. The number of nitrogen functional groups attached to an aromatic ring is 1. The van der Waals surface area contributed by atoms with Crippen molar-refractivity contribution in [1.82, 2.24) is 14.9 Å². The summed E-state index contributed by atoms with van der Waals surface area (Å²) in [6.07, 6.45) is 8.59. The van der Waals surface area contributed by atoms with E-state index < -0.39 is 0 Å². The predicted octanol–water partition coefficient (Wildman–Crippen LogP) is 7.56. The Morgan fingerprint density at radius 2 is 1.78 bits per heavy atom. The van der Waals surface area contributed by atoms with Crippen molar-refractivity contribution in [2.75, 3.05) is 31.2 Å². The van der Waals surface area contributed by atoms with Gasteiger partial charge in [-0.3, -0.25) is 0 Å². The Morgan fingerprint density at radius 1 is 1.03 bits per heavy atom. The first kappa shape index (κ1) is 27.3. The number of anilines is 3. The zero-order valence-electron chi connectivity index (χ0n) is 22.1. The number of likely N-dealkylation sites (N-methyl/N-ethyl adjacent to an activating group) is 1. The topological polar surface area (TPSA) is 67.1 Å². The molecule has 1 aliphatic carbocycles. The van der Waals surface area contributed by atoms with E-state index in [2.05, 4.69) is 30.3 Å². The Kier molecular flexibility index (Phi) is 10.4. The number of nitrogens with one attached hydrogen (secondary N) is 1. The molecule has 3 aromatic rings. The van der Waals surface area contributed by atoms with E-state index >= 15 is 0 Å². The van der Waals surface area contributed by atoms with Crippen LogP contribution in [0.4, 0.5) is 21.6 Å². The molecule has 2 aromatic carbocycles. The fourth-order valence-corrected chi connectivity index (χ4v) is 4.28. The van der Waals surface area contributed by atoms with Crippen molar-refractivity contribution in [2.45, 2.75) is 58.8 Å². The Morgan fingerprint density at radius 3 is 2.36 bits per heavy atom. The van der Waals surface area contributed by atoms with E-state index in [4.69, 9.17) is 15.7 Å². The maximum atomic E-state index is 13.6. The summed E-state index contributed by atoms with van der Waals surface area (Å²) in [6.45, 7) is 8.15. The van der Waals surface area contributed by atoms with Crippen molar-refractivity contribution in [3.63, 3.8) is 0 Å². The van der Waals surface area contributed by atoms with Gasteiger partial charge in [0.15, 0.2) is 0 Å². The molecular weight excluding hydrogens is 449 g/mol. The largest absolute Gasteiger partial charge is 0.399 e. The van der Waals surface area contributed by atoms with Crippen LogP contribution in [0, 0.1) is 5.82 Å². The highest BCUT2D eigenvalue weighted by atomic mass is 19.1. The van der Waals surface area contributed by atoms with Crippen LogP contribution in [0.3, 0.4) is 0 Å². The molecule has 192 valence electrons. The number of nitrogens with zero attached hydrogens (tertiary/aromatic N) is 3. The number of benzene rings is 2. The molecule has 1 aliphatic heterocycles. The molecule has 3 N–H and O–H groups in total. The van der Waals surface area contributed by atoms with Crippen LogP contribution in [0.2, 0.25) is 0 Å². The summed E-state index contributed by atoms with van der Waals surface area (Å²) >= 11 is 0. The molecule has 0 radical (unpaired) electrons. The van der Waals surface area contributed by atoms with Gasteiger partial charge in [0.2, 0.25) is 0 Å². The van der Waals surface area contributed by atoms with Gasteiger partial charge < -0.3 is 16.0 Å². The lowest BCUT2D eigenvalue weighted by molar-refractivity contribution is 0.246. The predicted molar refractivity (Wildman–Crippen MR) is 150 cm³/mol. The molecule has 0 bridgehead atoms. The molecule has 1 saturated carbocycles. The van der Waals surface area contributed by atoms with Crippen molar-refractivity contribution in [3.05, 3.63) is 77.9 Å². The second-order valence-corrected chi connectivity index (χ2v) is 9.16. The summed E-state index contributed by atoms with van der Waals surface area (Å²) in [7, 11) is 2.13. The van der Waals surface area contributed by atoms with Crippen LogP contribution in [-0.4, -0.2) is 35.0 Å². The quantitative estimate of drug-likeness (QED) is 0.292. The molecule has 1 unspecified atom stereocenters. The van der Waals surface area contributed by atoms with Gasteiger partial charge in [-0.05, 0) is 83.0 Å². The van der Waals surface area contributed by atoms with Gasteiger partial charge in [0.25, 0.3) is 0 Å². The van der Waals surface area contributed by atoms with Crippen molar-refractivity contribution in [1.29, 1.82) is 0 Å². The average Bonchev–Trinajstić information content (AvgIpc) is 2.85. The number of hydrogen-bond acceptors (Lipinski definition) is 5. The molecule has 36 heavy (non-hydrogen) atoms. The van der Waals surface area contributed by atoms with E-state index in [1.165, 1.54) is 31.4 Å². The van der Waals surface area contributed by atoms with Gasteiger partial charge >= 0.3 is 0 Å². The number of nitrogens with two attached hydrogens (primary N) is 1. The van der Waals surface area contributed by atoms with Crippen molar-refractivity contribution in [3.8, 4) is 11.3 Å². The number of likely N-dealkylation sites (tertiary alicyclic amines) is 1. The standard InChI is InChI=1S/C22H24FN5.C6H10.C2H6/c1-28-11-3-4-16(14-28)22-26-20(15-7-9-18(24)10-8-15)13-21(27-22)25-19-6-2-5-17(23)12-19;1-2-6-4-3-5-6;1-2/h2,5-10,12-13,16H,3-4,11,14,24H2,1H3,(H,25,26,27);2H,3-5H2,1H3;1-2H3. The number of allylic oxidation sites excluding steroid dienone is 2. The third-order valence-corrected chi connectivity index (χ3v) is 6.44. The molecule has 2 aliphatic rings. The fourth-order valence-electron chi connectivity index (χ4n) is 4.28. The van der Waals surface area contributed by atoms with E-state index in [-0.39, 0.29) is 11.7 Å². The second kappa shape index (κ2) is 13.7. The van der Waals surface area contributed by atoms with Gasteiger partial charge in [-0.25, -0.2) is 14.4 Å². The second-order valence-electron chi connectivity index (χ2n) is 9.16. The monoisotopic (exact) mass is 489 g/mol. The van der Waals surface area contributed by atoms with Gasteiger partial charge in [-0.2, -0.15) is 0 Å². The van der Waals surface area contributed by atoms with Gasteiger partial charge in [0, 0.05) is 35.5 Å². The third kappa shape index (κ3) is 7.89. The van der Waals surface area contributed by atoms with E-state index in [0.717, 1.165) is 43.0 Å². The lowest BCUT2D eigenvalue weighted by Crippen LogP contribution is -2.31. The summed E-state index contributed by atoms with van der Waals surface area (Å²) < 4.78 is 13.6. The zero-order chi connectivity index (χ0) is 25.9. The number of halogens is 1. The van der Waals surface area contributed by atoms with Crippen molar-refractivity contribution < 1.29 is 4.39 Å². The third-order valence-electron chi connectivity index (χ3n) is 6.44. The van der Waals surface area contributed by atoms with Crippen LogP contribution >= 0.6 is 0 Å². The van der Waals surface area contributed by atoms with Crippen LogP contribution < -0.4 is 11.1 Å². The van der Waals surface area contributed by atoms with Crippen LogP contribution in [0.1, 0.15) is 64.6 Å². The minimum absolute atomic E-state index is 0.278. The summed E-state index contributed by atoms with van der Waals surface area (Å²) in [4.78, 5) is 11.9. The molecule has 1 saturated heterocycles. The van der Waals surface area contributed by atoms with Crippen LogP contribution in [0.25, 0.3) is 11.3 Å². The minimum atomic E-state index is -0.285. The molecule has 1 aromatic heterocycles. The van der Waals surface area contributed by atoms with Crippen LogP contribution in [0.15, 0.2) is 66.2 Å². The van der Waals surface area contributed by atoms with Crippen LogP contribution in [-0.2, 0) is 0 Å². The highest BCUT2D eigenvalue weighted by Gasteiger charge is 2.22. The zero-order valence-corrected chi connectivity index (χ0v) is 22.1. The first-order chi connectivity index (χ1) is 17.5. The number of rotatable bonds is 4. The highest BCUT2D eigenvalue weighted by Crippen LogP contribution is 2.29. The van der Waals surface area contributed by atoms with Crippen LogP contribution in [0.5, 0.6) is 0 Å². The van der Waals surface area contributed by atoms with Gasteiger partial charge in [0.05, 0.1) is 5.69 Å². The summed E-state index contributed by atoms with van der Waals surface area (Å²) in [5.41, 5.74) is 10.7. The fraction of sp³-hybridized carbons (Fsp3) is 0.400. The Bertz CT molecular complexity index is 1120. The minimum Gasteiger partial charge on any atom is -0.399 e. The molecule has 0 amide bonds. The number of hydrogen-bond donors (Lipinski definition) is 2. The molecule has 2 heterocycles. The Balaban J connectivity index is 0.000000390. The smallest absolute Gasteiger partial charge is 0.135 e. The molecule has 1 atom stereocenters. The van der Waals surface area contributed by atoms with E-state index in [1.54, 1.807) is 11.6 Å². The SMILES string of the molecule is CC.CC=C1CCC1.CN1CCCC(c2nc(Nc3cccc(F)c3)cc(-c3ccc(N)cc3)n2)C1. The molecule has 0 spiro atoms. The average molecular weight is 490 g/mol. The number of piperidine rings is 1. The lowest BCUT2D eigenvalue weighted by Gasteiger charge is -2.29. The molecule has 2 fully saturated rings. The maximum absolute atomic E-state index is 13.6. The summed E-state index contributed by atoms with van der Waals surface area (Å²) in [5.74, 6) is 1.47. The maximum Gasteiger partial charge on any atom is 0.135 e. The van der Waals surface area contributed by atoms with E-state index in [9.17, 15) is 4.39 Å². The Hall–Kier alpha value is -3.25. The van der Waals surface area contributed by atoms with E-state index in [1.807, 2.05) is 50.2 Å². The van der Waals surface area contributed by atoms with Crippen molar-refractivity contribution in [2.24, 2.45) is 0 Å². The summed E-state index contributed by atoms with van der Waals surface area (Å²) in [5, 5.41) is 3.23. The molecule has 5 rings (SSSR count). The molecule has 6 heteroatoms. The first-order valence-electron chi connectivity index (χ1n) is 13.1.